The standard InChI is InChI=1S/C10H8Cl2N4O2S/c11-7-5-6(13)1-2-8(7)19(17,18)16-9-3-4-14-10(12)15-9/h1-5H,13H2,(H,14,15,16). The van der Waals surface area contributed by atoms with Gasteiger partial charge >= 0.3 is 0 Å². The molecule has 0 fully saturated rings. The highest BCUT2D eigenvalue weighted by atomic mass is 35.5. The molecule has 0 saturated carbocycles. The van der Waals surface area contributed by atoms with Crippen molar-refractivity contribution in [3.63, 3.8) is 0 Å². The van der Waals surface area contributed by atoms with Crippen LogP contribution in [0.4, 0.5) is 11.5 Å². The summed E-state index contributed by atoms with van der Waals surface area (Å²) in [4.78, 5) is 7.28. The van der Waals surface area contributed by atoms with E-state index >= 15 is 0 Å². The fourth-order valence-corrected chi connectivity index (χ4v) is 3.02. The number of sulfonamides is 1. The van der Waals surface area contributed by atoms with Crippen LogP contribution in [0.25, 0.3) is 0 Å². The third-order valence-corrected chi connectivity index (χ3v) is 4.13. The summed E-state index contributed by atoms with van der Waals surface area (Å²) in [5.41, 5.74) is 5.87. The van der Waals surface area contributed by atoms with Crippen molar-refractivity contribution in [2.45, 2.75) is 4.90 Å². The Labute approximate surface area is 119 Å². The average molecular weight is 319 g/mol. The minimum atomic E-state index is -3.86. The zero-order valence-corrected chi connectivity index (χ0v) is 11.7. The predicted molar refractivity (Wildman–Crippen MR) is 73.7 cm³/mol. The zero-order valence-electron chi connectivity index (χ0n) is 9.34. The highest BCUT2D eigenvalue weighted by molar-refractivity contribution is 7.92. The van der Waals surface area contributed by atoms with Gasteiger partial charge in [0.2, 0.25) is 5.28 Å². The SMILES string of the molecule is Nc1ccc(S(=O)(=O)Nc2ccnc(Cl)n2)c(Cl)c1. The molecule has 2 rings (SSSR count). The number of rotatable bonds is 3. The number of aromatic nitrogens is 2. The van der Waals surface area contributed by atoms with Gasteiger partial charge in [-0.2, -0.15) is 4.98 Å². The molecule has 1 heterocycles. The van der Waals surface area contributed by atoms with Crippen molar-refractivity contribution in [1.82, 2.24) is 9.97 Å². The van der Waals surface area contributed by atoms with E-state index in [0.717, 1.165) is 0 Å². The van der Waals surface area contributed by atoms with Crippen molar-refractivity contribution in [3.8, 4) is 0 Å². The Balaban J connectivity index is 2.38. The van der Waals surface area contributed by atoms with Crippen LogP contribution in [0.3, 0.4) is 0 Å². The zero-order chi connectivity index (χ0) is 14.0. The van der Waals surface area contributed by atoms with Gasteiger partial charge in [-0.05, 0) is 35.9 Å². The first-order valence-corrected chi connectivity index (χ1v) is 7.19. The van der Waals surface area contributed by atoms with Gasteiger partial charge in [-0.15, -0.1) is 0 Å². The number of anilines is 2. The summed E-state index contributed by atoms with van der Waals surface area (Å²) in [5, 5.41) is -0.0451. The first-order chi connectivity index (χ1) is 8.88. The maximum atomic E-state index is 12.1. The van der Waals surface area contributed by atoms with Crippen LogP contribution < -0.4 is 10.5 Å². The Bertz CT molecular complexity index is 721. The van der Waals surface area contributed by atoms with Gasteiger partial charge in [-0.25, -0.2) is 13.4 Å². The highest BCUT2D eigenvalue weighted by Crippen LogP contribution is 2.25. The number of halogens is 2. The molecule has 0 spiro atoms. The summed E-state index contributed by atoms with van der Waals surface area (Å²) in [6.45, 7) is 0. The third-order valence-electron chi connectivity index (χ3n) is 2.11. The second-order valence-corrected chi connectivity index (χ2v) is 5.90. The summed E-state index contributed by atoms with van der Waals surface area (Å²) in [5.74, 6) is 0.0490. The van der Waals surface area contributed by atoms with Gasteiger partial charge in [0.25, 0.3) is 10.0 Å². The van der Waals surface area contributed by atoms with E-state index in [1.54, 1.807) is 0 Å². The van der Waals surface area contributed by atoms with Crippen LogP contribution in [0, 0.1) is 0 Å². The van der Waals surface area contributed by atoms with Crippen molar-refractivity contribution in [2.24, 2.45) is 0 Å². The molecule has 1 aromatic carbocycles. The largest absolute Gasteiger partial charge is 0.399 e. The molecule has 9 heteroatoms. The van der Waals surface area contributed by atoms with E-state index in [1.807, 2.05) is 0 Å². The maximum Gasteiger partial charge on any atom is 0.264 e. The molecule has 6 nitrogen and oxygen atoms in total. The van der Waals surface area contributed by atoms with Crippen molar-refractivity contribution in [2.75, 3.05) is 10.5 Å². The molecule has 0 radical (unpaired) electrons. The van der Waals surface area contributed by atoms with Gasteiger partial charge in [0.05, 0.1) is 5.02 Å². The van der Waals surface area contributed by atoms with Gasteiger partial charge in [-0.3, -0.25) is 4.72 Å². The Morgan fingerprint density at radius 3 is 2.58 bits per heavy atom. The Hall–Kier alpha value is -1.57. The number of hydrogen-bond acceptors (Lipinski definition) is 5. The molecule has 0 atom stereocenters. The fourth-order valence-electron chi connectivity index (χ4n) is 1.32. The number of nitrogen functional groups attached to an aromatic ring is 1. The van der Waals surface area contributed by atoms with Gasteiger partial charge in [-0.1, -0.05) is 11.6 Å². The summed E-state index contributed by atoms with van der Waals surface area (Å²) >= 11 is 11.4. The quantitative estimate of drug-likeness (QED) is 0.667. The normalized spacial score (nSPS) is 11.3. The van der Waals surface area contributed by atoms with Crippen molar-refractivity contribution >= 4 is 44.7 Å². The van der Waals surface area contributed by atoms with Gasteiger partial charge in [0, 0.05) is 11.9 Å². The molecule has 0 amide bonds. The molecule has 0 bridgehead atoms. The number of nitrogens with one attached hydrogen (secondary N) is 1. The van der Waals surface area contributed by atoms with Crippen molar-refractivity contribution in [3.05, 3.63) is 40.8 Å². The topological polar surface area (TPSA) is 98.0 Å². The van der Waals surface area contributed by atoms with Crippen LogP contribution in [-0.2, 0) is 10.0 Å². The summed E-state index contributed by atoms with van der Waals surface area (Å²) in [6, 6.07) is 5.47. The van der Waals surface area contributed by atoms with E-state index in [1.165, 1.54) is 30.5 Å². The fraction of sp³-hybridized carbons (Fsp3) is 0. The second-order valence-electron chi connectivity index (χ2n) is 3.51. The summed E-state index contributed by atoms with van der Waals surface area (Å²) in [7, 11) is -3.86. The molecule has 0 saturated heterocycles. The molecule has 0 aliphatic carbocycles. The van der Waals surface area contributed by atoms with E-state index in [9.17, 15) is 8.42 Å². The molecular weight excluding hydrogens is 311 g/mol. The number of nitrogens with zero attached hydrogens (tertiary/aromatic N) is 2. The molecule has 3 N–H and O–H groups in total. The van der Waals surface area contributed by atoms with Crippen molar-refractivity contribution in [1.29, 1.82) is 0 Å². The van der Waals surface area contributed by atoms with Gasteiger partial charge in [0.1, 0.15) is 10.7 Å². The van der Waals surface area contributed by atoms with E-state index < -0.39 is 10.0 Å². The molecule has 0 aliphatic rings. The minimum Gasteiger partial charge on any atom is -0.399 e. The number of benzene rings is 1. The summed E-state index contributed by atoms with van der Waals surface area (Å²) in [6.07, 6.45) is 1.33. The Morgan fingerprint density at radius 2 is 1.95 bits per heavy atom. The average Bonchev–Trinajstić information content (AvgIpc) is 2.27. The number of nitrogens with two attached hydrogens (primary N) is 1. The van der Waals surface area contributed by atoms with Gasteiger partial charge < -0.3 is 5.73 Å². The van der Waals surface area contributed by atoms with Crippen LogP contribution in [0.5, 0.6) is 0 Å². The van der Waals surface area contributed by atoms with Crippen LogP contribution in [-0.4, -0.2) is 18.4 Å². The third kappa shape index (κ3) is 3.25. The summed E-state index contributed by atoms with van der Waals surface area (Å²) < 4.78 is 26.5. The van der Waals surface area contributed by atoms with E-state index in [2.05, 4.69) is 14.7 Å². The lowest BCUT2D eigenvalue weighted by molar-refractivity contribution is 0.601. The van der Waals surface area contributed by atoms with E-state index in [-0.39, 0.29) is 21.0 Å². The van der Waals surface area contributed by atoms with Gasteiger partial charge in [0.15, 0.2) is 0 Å². The lowest BCUT2D eigenvalue weighted by Crippen LogP contribution is -2.14. The Kier molecular flexibility index (Phi) is 3.79. The molecule has 0 aliphatic heterocycles. The molecule has 1 aromatic heterocycles. The predicted octanol–water partition coefficient (Wildman–Crippen LogP) is 2.17. The maximum absolute atomic E-state index is 12.1. The van der Waals surface area contributed by atoms with Crippen molar-refractivity contribution < 1.29 is 8.42 Å². The first kappa shape index (κ1) is 13.9. The van der Waals surface area contributed by atoms with Crippen LogP contribution >= 0.6 is 23.2 Å². The van der Waals surface area contributed by atoms with E-state index in [0.29, 0.717) is 5.69 Å². The van der Waals surface area contributed by atoms with Crippen LogP contribution in [0.2, 0.25) is 10.3 Å². The minimum absolute atomic E-state index is 0.0210. The molecule has 0 unspecified atom stereocenters. The first-order valence-electron chi connectivity index (χ1n) is 4.95. The molecule has 19 heavy (non-hydrogen) atoms. The lowest BCUT2D eigenvalue weighted by atomic mass is 10.3. The monoisotopic (exact) mass is 318 g/mol. The smallest absolute Gasteiger partial charge is 0.264 e. The van der Waals surface area contributed by atoms with Crippen LogP contribution in [0.1, 0.15) is 0 Å². The van der Waals surface area contributed by atoms with E-state index in [4.69, 9.17) is 28.9 Å². The second kappa shape index (κ2) is 5.20. The molecule has 2 aromatic rings. The Morgan fingerprint density at radius 1 is 1.21 bits per heavy atom. The molecule has 100 valence electrons. The lowest BCUT2D eigenvalue weighted by Gasteiger charge is -2.09. The highest BCUT2D eigenvalue weighted by Gasteiger charge is 2.18. The number of hydrogen-bond donors (Lipinski definition) is 2. The molecular formula is C10H8Cl2N4O2S. The van der Waals surface area contributed by atoms with Crippen LogP contribution in [0.15, 0.2) is 35.4 Å².